The van der Waals surface area contributed by atoms with Crippen molar-refractivity contribution < 1.29 is 14.7 Å². The minimum absolute atomic E-state index is 0.127. The normalized spacial score (nSPS) is 26.5. The number of hydrogen-bond acceptors (Lipinski definition) is 6. The van der Waals surface area contributed by atoms with Crippen molar-refractivity contribution in [1.29, 1.82) is 0 Å². The molecule has 0 aromatic carbocycles. The van der Waals surface area contributed by atoms with Crippen LogP contribution in [0.15, 0.2) is 10.1 Å². The van der Waals surface area contributed by atoms with Crippen LogP contribution in [0.3, 0.4) is 0 Å². The maximum absolute atomic E-state index is 11.3. The Hall–Kier alpha value is -1.63. The van der Waals surface area contributed by atoms with Crippen molar-refractivity contribution >= 4 is 17.5 Å². The van der Waals surface area contributed by atoms with Crippen molar-refractivity contribution in [3.63, 3.8) is 0 Å². The Morgan fingerprint density at radius 2 is 2.38 bits per heavy atom. The second kappa shape index (κ2) is 3.40. The zero-order chi connectivity index (χ0) is 10.0. The van der Waals surface area contributed by atoms with Crippen LogP contribution in [0.2, 0.25) is 0 Å². The fourth-order valence-electron chi connectivity index (χ4n) is 0.948. The molecule has 0 radical (unpaired) electrons. The first-order chi connectivity index (χ1) is 6.11. The predicted molar refractivity (Wildman–Crippen MR) is 44.4 cm³/mol. The molecule has 1 unspecified atom stereocenters. The van der Waals surface area contributed by atoms with E-state index < -0.39 is 12.3 Å². The van der Waals surface area contributed by atoms with Gasteiger partial charge in [-0.2, -0.15) is 0 Å². The topological polar surface area (TPSA) is 101 Å². The van der Waals surface area contributed by atoms with Gasteiger partial charge in [0, 0.05) is 14.2 Å². The molecule has 0 saturated heterocycles. The number of hydrogen-bond donors (Lipinski definition) is 2. The van der Waals surface area contributed by atoms with Crippen LogP contribution in [0, 0.1) is 0 Å². The van der Waals surface area contributed by atoms with Gasteiger partial charge in [0.1, 0.15) is 0 Å². The van der Waals surface area contributed by atoms with E-state index in [1.54, 1.807) is 0 Å². The maximum Gasteiger partial charge on any atom is 0.282 e. The molecule has 1 heterocycles. The van der Waals surface area contributed by atoms with Crippen LogP contribution >= 0.6 is 0 Å². The Morgan fingerprint density at radius 1 is 1.77 bits per heavy atom. The number of carbonyl (C=O) groups is 1. The molecule has 72 valence electrons. The van der Waals surface area contributed by atoms with Crippen molar-refractivity contribution in [3.8, 4) is 0 Å². The number of amidine groups is 1. The number of rotatable bonds is 1. The van der Waals surface area contributed by atoms with E-state index in [1.165, 1.54) is 19.1 Å². The Bertz CT molecular complexity index is 286. The molecular formula is C6H10N4O3. The highest BCUT2D eigenvalue weighted by Gasteiger charge is 2.31. The maximum atomic E-state index is 11.3. The number of amides is 1. The van der Waals surface area contributed by atoms with Gasteiger partial charge >= 0.3 is 0 Å². The summed E-state index contributed by atoms with van der Waals surface area (Å²) in [4.78, 5) is 16.3. The van der Waals surface area contributed by atoms with E-state index in [-0.39, 0.29) is 11.5 Å². The Kier molecular flexibility index (Phi) is 2.47. The molecular weight excluding hydrogens is 176 g/mol. The van der Waals surface area contributed by atoms with Gasteiger partial charge in [0.25, 0.3) is 5.91 Å². The Morgan fingerprint density at radius 3 is 2.85 bits per heavy atom. The lowest BCUT2D eigenvalue weighted by Crippen LogP contribution is -2.51. The molecule has 13 heavy (non-hydrogen) atoms. The average Bonchev–Trinajstić information content (AvgIpc) is 2.12. The molecule has 1 aliphatic heterocycles. The van der Waals surface area contributed by atoms with Gasteiger partial charge in [-0.25, -0.2) is 4.99 Å². The number of aliphatic imine (C=N–C) groups is 1. The van der Waals surface area contributed by atoms with E-state index in [0.29, 0.717) is 0 Å². The van der Waals surface area contributed by atoms with E-state index in [2.05, 4.69) is 10.1 Å². The van der Waals surface area contributed by atoms with Crippen molar-refractivity contribution in [3.05, 3.63) is 0 Å². The smallest absolute Gasteiger partial charge is 0.282 e. The van der Waals surface area contributed by atoms with Gasteiger partial charge in [-0.3, -0.25) is 9.69 Å². The molecule has 1 aliphatic rings. The summed E-state index contributed by atoms with van der Waals surface area (Å²) in [6, 6.07) is 0. The van der Waals surface area contributed by atoms with Gasteiger partial charge in [0.2, 0.25) is 12.1 Å². The first-order valence-corrected chi connectivity index (χ1v) is 3.47. The fraction of sp³-hybridized carbons (Fsp3) is 0.500. The molecule has 0 aromatic rings. The van der Waals surface area contributed by atoms with E-state index >= 15 is 0 Å². The van der Waals surface area contributed by atoms with Crippen LogP contribution in [0.25, 0.3) is 0 Å². The minimum atomic E-state index is -0.752. The molecule has 3 N–H and O–H groups in total. The fourth-order valence-corrected chi connectivity index (χ4v) is 0.948. The third kappa shape index (κ3) is 1.45. The zero-order valence-electron chi connectivity index (χ0n) is 7.26. The molecule has 7 nitrogen and oxygen atoms in total. The third-order valence-corrected chi connectivity index (χ3v) is 1.66. The monoisotopic (exact) mass is 186 g/mol. The summed E-state index contributed by atoms with van der Waals surface area (Å²) in [6.45, 7) is 0. The largest absolute Gasteiger partial charge is 0.410 e. The SMILES string of the molecule is COC1N=C(N)/C(=N/O)C(=O)N1C. The van der Waals surface area contributed by atoms with E-state index in [1.807, 2.05) is 0 Å². The van der Waals surface area contributed by atoms with Gasteiger partial charge < -0.3 is 15.7 Å². The summed E-state index contributed by atoms with van der Waals surface area (Å²) < 4.78 is 4.84. The van der Waals surface area contributed by atoms with Crippen molar-refractivity contribution in [2.45, 2.75) is 6.35 Å². The summed E-state index contributed by atoms with van der Waals surface area (Å²) in [5, 5.41) is 11.2. The molecule has 1 atom stereocenters. The number of nitrogens with zero attached hydrogens (tertiary/aromatic N) is 3. The van der Waals surface area contributed by atoms with Crippen LogP contribution in [-0.4, -0.2) is 48.1 Å². The van der Waals surface area contributed by atoms with Gasteiger partial charge in [0.15, 0.2) is 5.84 Å². The summed E-state index contributed by atoms with van der Waals surface area (Å²) in [6.07, 6.45) is -0.752. The molecule has 0 aliphatic carbocycles. The number of carbonyl (C=O) groups excluding carboxylic acids is 1. The molecule has 0 aromatic heterocycles. The Balaban J connectivity index is 3.06. The van der Waals surface area contributed by atoms with Crippen LogP contribution in [-0.2, 0) is 9.53 Å². The first kappa shape index (κ1) is 9.46. The molecule has 0 spiro atoms. The number of nitrogens with two attached hydrogens (primary N) is 1. The molecule has 7 heteroatoms. The second-order valence-corrected chi connectivity index (χ2v) is 2.44. The van der Waals surface area contributed by atoms with E-state index in [4.69, 9.17) is 15.7 Å². The highest BCUT2D eigenvalue weighted by Crippen LogP contribution is 2.07. The second-order valence-electron chi connectivity index (χ2n) is 2.44. The predicted octanol–water partition coefficient (Wildman–Crippen LogP) is -1.42. The number of oxime groups is 1. The number of ether oxygens (including phenoxy) is 1. The summed E-state index contributed by atoms with van der Waals surface area (Å²) in [5.41, 5.74) is 5.07. The summed E-state index contributed by atoms with van der Waals surface area (Å²) >= 11 is 0. The molecule has 0 fully saturated rings. The zero-order valence-corrected chi connectivity index (χ0v) is 7.26. The van der Waals surface area contributed by atoms with E-state index in [9.17, 15) is 4.79 Å². The lowest BCUT2D eigenvalue weighted by Gasteiger charge is -2.27. The van der Waals surface area contributed by atoms with Crippen molar-refractivity contribution in [1.82, 2.24) is 4.90 Å². The van der Waals surface area contributed by atoms with Gasteiger partial charge in [0.05, 0.1) is 0 Å². The van der Waals surface area contributed by atoms with Crippen LogP contribution in [0.1, 0.15) is 0 Å². The van der Waals surface area contributed by atoms with Gasteiger partial charge in [-0.1, -0.05) is 5.16 Å². The Labute approximate surface area is 74.5 Å². The third-order valence-electron chi connectivity index (χ3n) is 1.66. The molecule has 0 saturated carbocycles. The van der Waals surface area contributed by atoms with Crippen LogP contribution < -0.4 is 5.73 Å². The minimum Gasteiger partial charge on any atom is -0.410 e. The van der Waals surface area contributed by atoms with Crippen LogP contribution in [0.4, 0.5) is 0 Å². The van der Waals surface area contributed by atoms with Crippen LogP contribution in [0.5, 0.6) is 0 Å². The van der Waals surface area contributed by atoms with Crippen molar-refractivity contribution in [2.75, 3.05) is 14.2 Å². The number of methoxy groups -OCH3 is 1. The standard InChI is InChI=1S/C6H10N4O3/c1-10-5(11)3(9-12)4(7)8-6(10)13-2/h6,12H,1-2H3,(H2,7,8)/b9-3-. The first-order valence-electron chi connectivity index (χ1n) is 3.47. The molecule has 1 rings (SSSR count). The van der Waals surface area contributed by atoms with Gasteiger partial charge in [-0.15, -0.1) is 0 Å². The van der Waals surface area contributed by atoms with Gasteiger partial charge in [-0.05, 0) is 0 Å². The molecule has 0 bridgehead atoms. The van der Waals surface area contributed by atoms with E-state index in [0.717, 1.165) is 0 Å². The molecule has 1 amide bonds. The summed E-state index contributed by atoms with van der Waals surface area (Å²) in [5.74, 6) is -0.653. The summed E-state index contributed by atoms with van der Waals surface area (Å²) in [7, 11) is 2.87. The highest BCUT2D eigenvalue weighted by atomic mass is 16.5. The van der Waals surface area contributed by atoms with Crippen molar-refractivity contribution in [2.24, 2.45) is 15.9 Å². The quantitative estimate of drug-likeness (QED) is 0.387. The lowest BCUT2D eigenvalue weighted by molar-refractivity contribution is -0.133. The highest BCUT2D eigenvalue weighted by molar-refractivity contribution is 6.66. The lowest BCUT2D eigenvalue weighted by atomic mass is 10.3. The average molecular weight is 186 g/mol.